The minimum Gasteiger partial charge on any atom is -0.497 e. The van der Waals surface area contributed by atoms with Crippen molar-refractivity contribution in [3.8, 4) is 16.9 Å². The van der Waals surface area contributed by atoms with E-state index in [2.05, 4.69) is 4.98 Å². The molecule has 0 fully saturated rings. The highest BCUT2D eigenvalue weighted by molar-refractivity contribution is 5.95. The Bertz CT molecular complexity index is 894. The van der Waals surface area contributed by atoms with Gasteiger partial charge in [-0.1, -0.05) is 30.3 Å². The molecule has 0 spiro atoms. The number of fused-ring (bicyclic) bond motifs is 1. The summed E-state index contributed by atoms with van der Waals surface area (Å²) in [6.45, 7) is 1.20. The van der Waals surface area contributed by atoms with Crippen LogP contribution in [0.1, 0.15) is 21.6 Å². The van der Waals surface area contributed by atoms with Gasteiger partial charge >= 0.3 is 0 Å². The van der Waals surface area contributed by atoms with E-state index in [4.69, 9.17) is 4.74 Å². The van der Waals surface area contributed by atoms with Gasteiger partial charge in [-0.3, -0.25) is 9.78 Å². The number of rotatable bonds is 3. The van der Waals surface area contributed by atoms with Crippen molar-refractivity contribution in [2.45, 2.75) is 13.1 Å². The third kappa shape index (κ3) is 2.98. The van der Waals surface area contributed by atoms with Crippen LogP contribution in [0.5, 0.6) is 5.75 Å². The van der Waals surface area contributed by atoms with Gasteiger partial charge in [0, 0.05) is 18.3 Å². The monoisotopic (exact) mass is 330 g/mol. The Morgan fingerprint density at radius 2 is 1.84 bits per heavy atom. The molecule has 3 aromatic rings. The minimum absolute atomic E-state index is 0.0372. The average molecular weight is 330 g/mol. The van der Waals surface area contributed by atoms with Crippen LogP contribution in [-0.2, 0) is 13.1 Å². The Morgan fingerprint density at radius 3 is 2.60 bits per heavy atom. The van der Waals surface area contributed by atoms with Gasteiger partial charge < -0.3 is 9.64 Å². The molecule has 1 aliphatic heterocycles. The summed E-state index contributed by atoms with van der Waals surface area (Å²) in [7, 11) is 1.66. The molecule has 0 bridgehead atoms. The van der Waals surface area contributed by atoms with Gasteiger partial charge in [-0.15, -0.1) is 0 Å². The summed E-state index contributed by atoms with van der Waals surface area (Å²) in [5.74, 6) is 0.857. The molecule has 2 heterocycles. The first-order chi connectivity index (χ1) is 12.2. The van der Waals surface area contributed by atoms with Gasteiger partial charge in [0.15, 0.2) is 0 Å². The minimum atomic E-state index is 0.0372. The normalized spacial score (nSPS) is 12.8. The molecule has 2 aromatic carbocycles. The Hall–Kier alpha value is -3.14. The molecule has 0 N–H and O–H groups in total. The zero-order valence-corrected chi connectivity index (χ0v) is 14.0. The molecule has 0 saturated carbocycles. The molecular weight excluding hydrogens is 312 g/mol. The van der Waals surface area contributed by atoms with E-state index in [0.717, 1.165) is 28.1 Å². The van der Waals surface area contributed by atoms with Crippen LogP contribution in [0.3, 0.4) is 0 Å². The highest BCUT2D eigenvalue weighted by Crippen LogP contribution is 2.26. The van der Waals surface area contributed by atoms with E-state index < -0.39 is 0 Å². The zero-order valence-electron chi connectivity index (χ0n) is 14.0. The van der Waals surface area contributed by atoms with Gasteiger partial charge in [-0.05, 0) is 47.0 Å². The first kappa shape index (κ1) is 15.4. The Kier molecular flexibility index (Phi) is 3.94. The molecular formula is C21H18N2O2. The fourth-order valence-corrected chi connectivity index (χ4v) is 3.13. The largest absolute Gasteiger partial charge is 0.497 e. The fraction of sp³-hybridized carbons (Fsp3) is 0.143. The molecule has 0 aliphatic carbocycles. The van der Waals surface area contributed by atoms with Gasteiger partial charge in [0.2, 0.25) is 0 Å². The van der Waals surface area contributed by atoms with E-state index in [1.54, 1.807) is 13.3 Å². The predicted octanol–water partition coefficient (Wildman–Crippen LogP) is 3.91. The number of hydrogen-bond donors (Lipinski definition) is 0. The lowest BCUT2D eigenvalue weighted by atomic mass is 10.0. The highest BCUT2D eigenvalue weighted by Gasteiger charge is 2.24. The number of hydrogen-bond acceptors (Lipinski definition) is 3. The third-order valence-corrected chi connectivity index (χ3v) is 4.51. The van der Waals surface area contributed by atoms with Gasteiger partial charge in [-0.25, -0.2) is 0 Å². The second-order valence-corrected chi connectivity index (χ2v) is 6.08. The topological polar surface area (TPSA) is 42.4 Å². The Labute approximate surface area is 146 Å². The summed E-state index contributed by atoms with van der Waals surface area (Å²) < 4.78 is 5.27. The maximum Gasteiger partial charge on any atom is 0.254 e. The van der Waals surface area contributed by atoms with Crippen molar-refractivity contribution in [2.24, 2.45) is 0 Å². The zero-order chi connectivity index (χ0) is 17.2. The molecule has 0 atom stereocenters. The number of pyridine rings is 1. The number of nitrogens with zero attached hydrogens (tertiary/aromatic N) is 2. The lowest BCUT2D eigenvalue weighted by Crippen LogP contribution is -2.25. The van der Waals surface area contributed by atoms with Crippen LogP contribution < -0.4 is 4.74 Å². The number of carbonyl (C=O) groups is 1. The van der Waals surface area contributed by atoms with Crippen molar-refractivity contribution in [1.29, 1.82) is 0 Å². The molecule has 1 aliphatic rings. The average Bonchev–Trinajstić information content (AvgIpc) is 3.12. The maximum absolute atomic E-state index is 12.7. The molecule has 124 valence electrons. The lowest BCUT2D eigenvalue weighted by Gasteiger charge is -2.15. The second kappa shape index (κ2) is 6.40. The van der Waals surface area contributed by atoms with E-state index in [0.29, 0.717) is 18.7 Å². The Morgan fingerprint density at radius 1 is 1.00 bits per heavy atom. The quantitative estimate of drug-likeness (QED) is 0.731. The van der Waals surface area contributed by atoms with Crippen LogP contribution >= 0.6 is 0 Å². The molecule has 4 heteroatoms. The van der Waals surface area contributed by atoms with Crippen molar-refractivity contribution in [3.63, 3.8) is 0 Å². The summed E-state index contributed by atoms with van der Waals surface area (Å²) in [5, 5.41) is 0. The fourth-order valence-electron chi connectivity index (χ4n) is 3.13. The van der Waals surface area contributed by atoms with Crippen molar-refractivity contribution < 1.29 is 9.53 Å². The van der Waals surface area contributed by atoms with Crippen molar-refractivity contribution in [3.05, 3.63) is 83.7 Å². The van der Waals surface area contributed by atoms with Crippen molar-refractivity contribution >= 4 is 5.91 Å². The van der Waals surface area contributed by atoms with Gasteiger partial charge in [0.1, 0.15) is 5.75 Å². The second-order valence-electron chi connectivity index (χ2n) is 6.08. The summed E-state index contributed by atoms with van der Waals surface area (Å²) in [5.41, 5.74) is 4.94. The lowest BCUT2D eigenvalue weighted by molar-refractivity contribution is 0.0750. The number of benzene rings is 2. The van der Waals surface area contributed by atoms with E-state index in [1.165, 1.54) is 0 Å². The van der Waals surface area contributed by atoms with E-state index >= 15 is 0 Å². The van der Waals surface area contributed by atoms with Crippen LogP contribution in [0.15, 0.2) is 66.9 Å². The molecule has 4 rings (SSSR count). The number of carbonyl (C=O) groups excluding carboxylic acids is 1. The first-order valence-electron chi connectivity index (χ1n) is 8.21. The summed E-state index contributed by atoms with van der Waals surface area (Å²) in [6.07, 6.45) is 1.77. The third-order valence-electron chi connectivity index (χ3n) is 4.51. The van der Waals surface area contributed by atoms with Crippen molar-refractivity contribution in [1.82, 2.24) is 9.88 Å². The van der Waals surface area contributed by atoms with Crippen LogP contribution in [-0.4, -0.2) is 22.9 Å². The standard InChI is InChI=1S/C21H18N2O2/c1-25-19-6-2-4-17(12-19)15-7-9-16(10-8-15)21(24)23-13-18-5-3-11-22-20(18)14-23/h2-12H,13-14H2,1H3. The maximum atomic E-state index is 12.7. The van der Waals surface area contributed by atoms with Gasteiger partial charge in [0.05, 0.1) is 19.3 Å². The first-order valence-corrected chi connectivity index (χ1v) is 8.21. The number of aromatic nitrogens is 1. The van der Waals surface area contributed by atoms with Gasteiger partial charge in [-0.2, -0.15) is 0 Å². The SMILES string of the molecule is COc1cccc(-c2ccc(C(=O)N3Cc4cccnc4C3)cc2)c1. The molecule has 0 radical (unpaired) electrons. The molecule has 4 nitrogen and oxygen atoms in total. The molecule has 1 amide bonds. The smallest absolute Gasteiger partial charge is 0.254 e. The summed E-state index contributed by atoms with van der Waals surface area (Å²) in [6, 6.07) is 19.6. The Balaban J connectivity index is 1.53. The number of methoxy groups -OCH3 is 1. The molecule has 0 unspecified atom stereocenters. The van der Waals surface area contributed by atoms with E-state index in [9.17, 15) is 4.79 Å². The van der Waals surface area contributed by atoms with Crippen LogP contribution in [0.25, 0.3) is 11.1 Å². The predicted molar refractivity (Wildman–Crippen MR) is 96.2 cm³/mol. The van der Waals surface area contributed by atoms with E-state index in [1.807, 2.05) is 65.6 Å². The molecule has 25 heavy (non-hydrogen) atoms. The van der Waals surface area contributed by atoms with Crippen LogP contribution in [0.4, 0.5) is 0 Å². The summed E-state index contributed by atoms with van der Waals surface area (Å²) in [4.78, 5) is 18.9. The van der Waals surface area contributed by atoms with E-state index in [-0.39, 0.29) is 5.91 Å². The van der Waals surface area contributed by atoms with Gasteiger partial charge in [0.25, 0.3) is 5.91 Å². The van der Waals surface area contributed by atoms with Crippen LogP contribution in [0.2, 0.25) is 0 Å². The van der Waals surface area contributed by atoms with Crippen molar-refractivity contribution in [2.75, 3.05) is 7.11 Å². The number of ether oxygens (including phenoxy) is 1. The van der Waals surface area contributed by atoms with Crippen LogP contribution in [0, 0.1) is 0 Å². The molecule has 0 saturated heterocycles. The molecule has 1 aromatic heterocycles. The number of amides is 1. The highest BCUT2D eigenvalue weighted by atomic mass is 16.5. The summed E-state index contributed by atoms with van der Waals surface area (Å²) >= 11 is 0.